The lowest BCUT2D eigenvalue weighted by atomic mass is 10.00. The Morgan fingerprint density at radius 2 is 1.88 bits per heavy atom. The van der Waals surface area contributed by atoms with Crippen LogP contribution in [0.3, 0.4) is 0 Å². The molecule has 3 rings (SSSR count). The summed E-state index contributed by atoms with van der Waals surface area (Å²) in [4.78, 5) is 12.4. The summed E-state index contributed by atoms with van der Waals surface area (Å²) in [5.41, 5.74) is 2.33. The van der Waals surface area contributed by atoms with Gasteiger partial charge in [0.2, 0.25) is 11.1 Å². The zero-order valence-corrected chi connectivity index (χ0v) is 19.2. The second-order valence-corrected chi connectivity index (χ2v) is 8.85. The highest BCUT2D eigenvalue weighted by Gasteiger charge is 2.15. The van der Waals surface area contributed by atoms with Crippen molar-refractivity contribution in [2.75, 3.05) is 11.6 Å². The number of nitrogens with two attached hydrogens (primary N) is 1. The van der Waals surface area contributed by atoms with Gasteiger partial charge in [0.1, 0.15) is 6.61 Å². The van der Waals surface area contributed by atoms with Gasteiger partial charge < -0.3 is 15.9 Å². The Morgan fingerprint density at radius 3 is 2.56 bits per heavy atom. The summed E-state index contributed by atoms with van der Waals surface area (Å²) in [7, 11) is 0. The highest BCUT2D eigenvalue weighted by molar-refractivity contribution is 7.99. The molecule has 32 heavy (non-hydrogen) atoms. The molecule has 1 unspecified atom stereocenters. The molecule has 1 heterocycles. The second-order valence-electron chi connectivity index (χ2n) is 7.91. The predicted octanol–water partition coefficient (Wildman–Crippen LogP) is 3.88. The highest BCUT2D eigenvalue weighted by atomic mass is 32.2. The van der Waals surface area contributed by atoms with Gasteiger partial charge in [-0.05, 0) is 42.5 Å². The van der Waals surface area contributed by atoms with Crippen molar-refractivity contribution in [3.63, 3.8) is 0 Å². The zero-order chi connectivity index (χ0) is 23.1. The van der Waals surface area contributed by atoms with Crippen molar-refractivity contribution in [1.29, 1.82) is 0 Å². The number of rotatable bonds is 10. The number of carbonyl (C=O) groups excluding carboxylic acids is 1. The third-order valence-electron chi connectivity index (χ3n) is 4.76. The van der Waals surface area contributed by atoms with Crippen molar-refractivity contribution in [1.82, 2.24) is 20.2 Å². The number of thioether (sulfide) groups is 1. The molecule has 0 saturated carbocycles. The number of hydrogen-bond donors (Lipinski definition) is 2. The van der Waals surface area contributed by atoms with Gasteiger partial charge in [0.15, 0.2) is 17.4 Å². The Balaban J connectivity index is 1.49. The van der Waals surface area contributed by atoms with Crippen LogP contribution in [0.4, 0.5) is 4.39 Å². The molecule has 9 heteroatoms. The van der Waals surface area contributed by atoms with E-state index in [1.54, 1.807) is 12.1 Å². The van der Waals surface area contributed by atoms with E-state index in [0.717, 1.165) is 12.0 Å². The van der Waals surface area contributed by atoms with Crippen LogP contribution in [0, 0.1) is 11.7 Å². The molecule has 7 nitrogen and oxygen atoms in total. The Morgan fingerprint density at radius 1 is 1.16 bits per heavy atom. The number of carbonyl (C=O) groups is 1. The lowest BCUT2D eigenvalue weighted by molar-refractivity contribution is -0.119. The van der Waals surface area contributed by atoms with Crippen LogP contribution in [0.15, 0.2) is 53.7 Å². The van der Waals surface area contributed by atoms with Gasteiger partial charge in [0.05, 0.1) is 11.8 Å². The molecule has 0 aliphatic carbocycles. The molecule has 0 fully saturated rings. The third-order valence-corrected chi connectivity index (χ3v) is 5.71. The van der Waals surface area contributed by atoms with Crippen molar-refractivity contribution in [2.24, 2.45) is 5.92 Å². The normalized spacial score (nSPS) is 12.0. The van der Waals surface area contributed by atoms with E-state index in [2.05, 4.69) is 41.5 Å². The van der Waals surface area contributed by atoms with Crippen LogP contribution in [0.1, 0.15) is 43.8 Å². The average Bonchev–Trinajstić information content (AvgIpc) is 3.11. The molecule has 3 N–H and O–H groups in total. The molecule has 0 aliphatic rings. The summed E-state index contributed by atoms with van der Waals surface area (Å²) in [6.45, 7) is 6.29. The summed E-state index contributed by atoms with van der Waals surface area (Å²) in [5, 5.41) is 11.3. The zero-order valence-electron chi connectivity index (χ0n) is 18.4. The van der Waals surface area contributed by atoms with Crippen molar-refractivity contribution < 1.29 is 13.9 Å². The van der Waals surface area contributed by atoms with Crippen LogP contribution in [-0.4, -0.2) is 26.5 Å². The summed E-state index contributed by atoms with van der Waals surface area (Å²) in [6.07, 6.45) is 1.03. The van der Waals surface area contributed by atoms with Crippen LogP contribution in [0.2, 0.25) is 0 Å². The number of para-hydroxylation sites is 1. The average molecular weight is 458 g/mol. The van der Waals surface area contributed by atoms with Gasteiger partial charge in [-0.3, -0.25) is 4.79 Å². The van der Waals surface area contributed by atoms with Crippen LogP contribution < -0.4 is 15.9 Å². The molecular weight excluding hydrogens is 429 g/mol. The molecule has 0 radical (unpaired) electrons. The molecule has 3 aromatic rings. The molecular formula is C23H28FN5O2S. The quantitative estimate of drug-likeness (QED) is 0.354. The van der Waals surface area contributed by atoms with Crippen LogP contribution in [-0.2, 0) is 17.8 Å². The number of nitrogens with one attached hydrogen (secondary N) is 1. The number of benzene rings is 2. The number of hydrogen-bond acceptors (Lipinski definition) is 6. The standard InChI is InChI=1S/C23H28FN5O2S/c1-15(2)12-17-8-10-18(11-9-17)16(3)26-22(30)14-32-23-28-27-21(29(23)25)13-31-20-7-5-4-6-19(20)24/h4-11,15-16H,12-14,25H2,1-3H3,(H,26,30). The fraction of sp³-hybridized carbons (Fsp3) is 0.348. The van der Waals surface area contributed by atoms with Gasteiger partial charge in [-0.25, -0.2) is 9.07 Å². The van der Waals surface area contributed by atoms with Gasteiger partial charge in [0.25, 0.3) is 0 Å². The predicted molar refractivity (Wildman–Crippen MR) is 123 cm³/mol. The monoisotopic (exact) mass is 457 g/mol. The maximum atomic E-state index is 13.7. The number of nitrogen functional groups attached to an aromatic ring is 1. The first kappa shape index (κ1) is 23.6. The molecule has 170 valence electrons. The number of amides is 1. The molecule has 0 bridgehead atoms. The van der Waals surface area contributed by atoms with E-state index in [-0.39, 0.29) is 30.1 Å². The molecule has 1 aromatic heterocycles. The van der Waals surface area contributed by atoms with E-state index >= 15 is 0 Å². The first-order valence-electron chi connectivity index (χ1n) is 10.4. The smallest absolute Gasteiger partial charge is 0.230 e. The Bertz CT molecular complexity index is 1040. The van der Waals surface area contributed by atoms with Gasteiger partial charge in [-0.15, -0.1) is 10.2 Å². The van der Waals surface area contributed by atoms with Gasteiger partial charge in [-0.2, -0.15) is 0 Å². The lowest BCUT2D eigenvalue weighted by Crippen LogP contribution is -2.28. The molecule has 0 saturated heterocycles. The molecule has 1 atom stereocenters. The lowest BCUT2D eigenvalue weighted by Gasteiger charge is -2.15. The summed E-state index contributed by atoms with van der Waals surface area (Å²) < 4.78 is 20.3. The Kier molecular flexibility index (Phi) is 8.10. The topological polar surface area (TPSA) is 95.1 Å². The van der Waals surface area contributed by atoms with E-state index in [1.165, 1.54) is 34.1 Å². The first-order chi connectivity index (χ1) is 15.3. The number of ether oxygens (including phenoxy) is 1. The SMILES string of the molecule is CC(C)Cc1ccc(C(C)NC(=O)CSc2nnc(COc3ccccc3F)n2N)cc1. The van der Waals surface area contributed by atoms with E-state index in [9.17, 15) is 9.18 Å². The van der Waals surface area contributed by atoms with Crippen molar-refractivity contribution in [3.05, 3.63) is 71.3 Å². The molecule has 1 amide bonds. The Hall–Kier alpha value is -3.07. The summed E-state index contributed by atoms with van der Waals surface area (Å²) in [6, 6.07) is 14.3. The minimum Gasteiger partial charge on any atom is -0.482 e. The maximum Gasteiger partial charge on any atom is 0.230 e. The van der Waals surface area contributed by atoms with Crippen LogP contribution >= 0.6 is 11.8 Å². The summed E-state index contributed by atoms with van der Waals surface area (Å²) in [5.74, 6) is 6.57. The minimum absolute atomic E-state index is 0.0406. The van der Waals surface area contributed by atoms with E-state index in [1.807, 2.05) is 19.1 Å². The highest BCUT2D eigenvalue weighted by Crippen LogP contribution is 2.20. The van der Waals surface area contributed by atoms with Crippen molar-refractivity contribution in [3.8, 4) is 5.75 Å². The first-order valence-corrected chi connectivity index (χ1v) is 11.4. The van der Waals surface area contributed by atoms with Gasteiger partial charge >= 0.3 is 0 Å². The van der Waals surface area contributed by atoms with Crippen molar-refractivity contribution in [2.45, 2.75) is 45.0 Å². The van der Waals surface area contributed by atoms with E-state index < -0.39 is 5.82 Å². The second kappa shape index (κ2) is 11.0. The van der Waals surface area contributed by atoms with Crippen LogP contribution in [0.5, 0.6) is 5.75 Å². The number of nitrogens with zero attached hydrogens (tertiary/aromatic N) is 3. The maximum absolute atomic E-state index is 13.7. The fourth-order valence-corrected chi connectivity index (χ4v) is 3.81. The Labute approximate surface area is 191 Å². The van der Waals surface area contributed by atoms with Gasteiger partial charge in [0, 0.05) is 0 Å². The molecule has 0 spiro atoms. The molecule has 0 aliphatic heterocycles. The largest absolute Gasteiger partial charge is 0.482 e. The number of aromatic nitrogens is 3. The van der Waals surface area contributed by atoms with Crippen molar-refractivity contribution >= 4 is 17.7 Å². The van der Waals surface area contributed by atoms with E-state index in [4.69, 9.17) is 10.6 Å². The van der Waals surface area contributed by atoms with Crippen LogP contribution in [0.25, 0.3) is 0 Å². The molecule has 2 aromatic carbocycles. The fourth-order valence-electron chi connectivity index (χ4n) is 3.12. The van der Waals surface area contributed by atoms with Gasteiger partial charge in [-0.1, -0.05) is 62.0 Å². The minimum atomic E-state index is -0.467. The number of halogens is 1. The third kappa shape index (κ3) is 6.46. The summed E-state index contributed by atoms with van der Waals surface area (Å²) >= 11 is 1.17. The van der Waals surface area contributed by atoms with E-state index in [0.29, 0.717) is 16.9 Å².